The highest BCUT2D eigenvalue weighted by molar-refractivity contribution is 7.80. The summed E-state index contributed by atoms with van der Waals surface area (Å²) in [6.45, 7) is 0.391. The van der Waals surface area contributed by atoms with Crippen LogP contribution in [0.3, 0.4) is 0 Å². The van der Waals surface area contributed by atoms with Crippen molar-refractivity contribution in [2.45, 2.75) is 6.54 Å². The highest BCUT2D eigenvalue weighted by Gasteiger charge is 2.34. The number of hydrogen-bond acceptors (Lipinski definition) is 4. The van der Waals surface area contributed by atoms with Crippen molar-refractivity contribution in [1.29, 1.82) is 0 Å². The lowest BCUT2D eigenvalue weighted by atomic mass is 9.95. The lowest BCUT2D eigenvalue weighted by molar-refractivity contribution is -0.111. The van der Waals surface area contributed by atoms with Crippen molar-refractivity contribution in [3.05, 3.63) is 57.8 Å². The standard InChI is InChI=1S/C17H14Cl2N4O2S/c1-25-11-4-5-14-12(7-11)15(16(24)21-14)22-23-17(26)20-8-9-2-3-10(18)6-13(9)19/h2-7,12H,8H2,1H3,(H2,20,23,26)/b22-15+. The molecular weight excluding hydrogens is 395 g/mol. The maximum absolute atomic E-state index is 12.0. The number of benzene rings is 1. The summed E-state index contributed by atoms with van der Waals surface area (Å²) < 4.78 is 5.19. The Morgan fingerprint density at radius 2 is 2.19 bits per heavy atom. The zero-order valence-electron chi connectivity index (χ0n) is 13.6. The number of allylic oxidation sites excluding steroid dienone is 3. The third-order valence-corrected chi connectivity index (χ3v) is 4.60. The first-order chi connectivity index (χ1) is 12.5. The minimum absolute atomic E-state index is 0.257. The number of methoxy groups -OCH3 is 1. The summed E-state index contributed by atoms with van der Waals surface area (Å²) >= 11 is 17.2. The second-order valence-electron chi connectivity index (χ2n) is 5.45. The van der Waals surface area contributed by atoms with Crippen LogP contribution in [0.5, 0.6) is 0 Å². The average Bonchev–Trinajstić information content (AvgIpc) is 2.93. The van der Waals surface area contributed by atoms with Gasteiger partial charge in [-0.25, -0.2) is 4.99 Å². The summed E-state index contributed by atoms with van der Waals surface area (Å²) in [5.41, 5.74) is 4.39. The van der Waals surface area contributed by atoms with E-state index in [9.17, 15) is 4.79 Å². The maximum atomic E-state index is 12.0. The van der Waals surface area contributed by atoms with E-state index >= 15 is 0 Å². The highest BCUT2D eigenvalue weighted by Crippen LogP contribution is 2.23. The van der Waals surface area contributed by atoms with Crippen LogP contribution >= 0.6 is 35.4 Å². The summed E-state index contributed by atoms with van der Waals surface area (Å²) in [5.74, 6) is -0.0998. The number of fused-ring (bicyclic) bond motifs is 1. The molecule has 0 saturated heterocycles. The summed E-state index contributed by atoms with van der Waals surface area (Å²) in [7, 11) is 1.56. The molecule has 9 heteroatoms. The lowest BCUT2D eigenvalue weighted by Crippen LogP contribution is -2.34. The van der Waals surface area contributed by atoms with Gasteiger partial charge in [-0.05, 0) is 48.1 Å². The van der Waals surface area contributed by atoms with Gasteiger partial charge in [0.1, 0.15) is 11.5 Å². The molecule has 2 N–H and O–H groups in total. The number of hydrazone groups is 1. The molecule has 1 aliphatic heterocycles. The van der Waals surface area contributed by atoms with Crippen LogP contribution in [-0.4, -0.2) is 29.6 Å². The van der Waals surface area contributed by atoms with Gasteiger partial charge in [-0.1, -0.05) is 29.3 Å². The van der Waals surface area contributed by atoms with E-state index < -0.39 is 5.91 Å². The molecule has 2 aliphatic rings. The first-order valence-electron chi connectivity index (χ1n) is 7.60. The van der Waals surface area contributed by atoms with E-state index in [-0.39, 0.29) is 16.7 Å². The zero-order valence-corrected chi connectivity index (χ0v) is 16.0. The predicted octanol–water partition coefficient (Wildman–Crippen LogP) is 3.01. The first-order valence-corrected chi connectivity index (χ1v) is 8.76. The Bertz CT molecular complexity index is 893. The topological polar surface area (TPSA) is 75.1 Å². The molecule has 1 amide bonds. The number of thiocarbonyl (C=S) groups is 1. The number of rotatable bonds is 4. The van der Waals surface area contributed by atoms with Gasteiger partial charge in [0.25, 0.3) is 5.91 Å². The van der Waals surface area contributed by atoms with Gasteiger partial charge in [-0.3, -0.25) is 10.2 Å². The number of nitrogens with one attached hydrogen (secondary N) is 2. The number of hydrogen-bond donors (Lipinski definition) is 2. The fourth-order valence-corrected chi connectivity index (χ4v) is 3.05. The predicted molar refractivity (Wildman–Crippen MR) is 107 cm³/mol. The minimum Gasteiger partial charge on any atom is -0.497 e. The Morgan fingerprint density at radius 3 is 2.92 bits per heavy atom. The molecule has 0 spiro atoms. The number of carbonyl (C=O) groups is 1. The van der Waals surface area contributed by atoms with Gasteiger partial charge in [0, 0.05) is 16.6 Å². The molecule has 0 aromatic heterocycles. The molecule has 0 radical (unpaired) electrons. The first kappa shape index (κ1) is 18.6. The lowest BCUT2D eigenvalue weighted by Gasteiger charge is -2.13. The molecule has 1 heterocycles. The van der Waals surface area contributed by atoms with Crippen molar-refractivity contribution in [1.82, 2.24) is 10.7 Å². The van der Waals surface area contributed by atoms with Crippen LogP contribution in [0, 0.1) is 5.92 Å². The Morgan fingerprint density at radius 1 is 1.38 bits per heavy atom. The number of nitrogens with zero attached hydrogens (tertiary/aromatic N) is 2. The minimum atomic E-state index is -0.403. The fourth-order valence-electron chi connectivity index (χ4n) is 2.45. The van der Waals surface area contributed by atoms with Crippen molar-refractivity contribution >= 4 is 57.9 Å². The van der Waals surface area contributed by atoms with Gasteiger partial charge >= 0.3 is 0 Å². The highest BCUT2D eigenvalue weighted by atomic mass is 35.5. The van der Waals surface area contributed by atoms with Crippen molar-refractivity contribution < 1.29 is 9.53 Å². The molecule has 1 atom stereocenters. The van der Waals surface area contributed by atoms with E-state index in [1.54, 1.807) is 43.5 Å². The molecule has 1 aliphatic carbocycles. The van der Waals surface area contributed by atoms with Gasteiger partial charge in [0.05, 0.1) is 18.7 Å². The fraction of sp³-hybridized carbons (Fsp3) is 0.176. The molecular formula is C17H14Cl2N4O2S. The molecule has 0 bridgehead atoms. The Kier molecular flexibility index (Phi) is 5.70. The van der Waals surface area contributed by atoms with Gasteiger partial charge in [0.2, 0.25) is 0 Å². The van der Waals surface area contributed by atoms with Crippen LogP contribution in [0.15, 0.2) is 52.3 Å². The van der Waals surface area contributed by atoms with Crippen LogP contribution in [0.4, 0.5) is 0 Å². The number of ether oxygens (including phenoxy) is 1. The van der Waals surface area contributed by atoms with E-state index in [1.807, 2.05) is 0 Å². The van der Waals surface area contributed by atoms with Crippen LogP contribution in [-0.2, 0) is 16.1 Å². The average molecular weight is 409 g/mol. The second-order valence-corrected chi connectivity index (χ2v) is 6.71. The third-order valence-electron chi connectivity index (χ3n) is 3.78. The van der Waals surface area contributed by atoms with Crippen LogP contribution in [0.25, 0.3) is 0 Å². The van der Waals surface area contributed by atoms with Gasteiger partial charge in [-0.2, -0.15) is 5.10 Å². The molecule has 6 nitrogen and oxygen atoms in total. The van der Waals surface area contributed by atoms with Crippen molar-refractivity contribution in [3.63, 3.8) is 0 Å². The monoisotopic (exact) mass is 408 g/mol. The van der Waals surface area contributed by atoms with Gasteiger partial charge in [0.15, 0.2) is 5.11 Å². The normalized spacial score (nSPS) is 19.7. The molecule has 134 valence electrons. The summed E-state index contributed by atoms with van der Waals surface area (Å²) in [6.07, 6.45) is 5.28. The number of aliphatic imine (C=N–C) groups is 1. The number of amides is 1. The van der Waals surface area contributed by atoms with Crippen molar-refractivity contribution in [3.8, 4) is 0 Å². The third kappa shape index (κ3) is 4.12. The van der Waals surface area contributed by atoms with Crippen molar-refractivity contribution in [2.75, 3.05) is 7.11 Å². The Hall–Kier alpha value is -2.22. The molecule has 0 saturated carbocycles. The zero-order chi connectivity index (χ0) is 18.7. The Labute approximate surface area is 165 Å². The quantitative estimate of drug-likeness (QED) is 0.591. The van der Waals surface area contributed by atoms with Crippen LogP contribution in [0.1, 0.15) is 5.56 Å². The molecule has 0 fully saturated rings. The smallest absolute Gasteiger partial charge is 0.294 e. The largest absolute Gasteiger partial charge is 0.497 e. The van der Waals surface area contributed by atoms with E-state index in [2.05, 4.69) is 20.8 Å². The van der Waals surface area contributed by atoms with Crippen LogP contribution < -0.4 is 10.7 Å². The Balaban J connectivity index is 1.62. The summed E-state index contributed by atoms with van der Waals surface area (Å²) in [4.78, 5) is 16.0. The summed E-state index contributed by atoms with van der Waals surface area (Å²) in [5, 5.41) is 8.44. The maximum Gasteiger partial charge on any atom is 0.294 e. The van der Waals surface area contributed by atoms with Crippen LogP contribution in [0.2, 0.25) is 10.0 Å². The van der Waals surface area contributed by atoms with E-state index in [4.69, 9.17) is 40.2 Å². The van der Waals surface area contributed by atoms with E-state index in [1.165, 1.54) is 0 Å². The number of halogens is 2. The molecule has 1 aromatic carbocycles. The molecule has 3 rings (SSSR count). The van der Waals surface area contributed by atoms with E-state index in [0.29, 0.717) is 28.1 Å². The second kappa shape index (κ2) is 7.99. The van der Waals surface area contributed by atoms with E-state index in [0.717, 1.165) is 5.56 Å². The molecule has 1 aromatic rings. The SMILES string of the molecule is COC1=CC2C(=NC(=O)/C2=N/NC(=S)NCc2ccc(Cl)cc2Cl)C=C1. The van der Waals surface area contributed by atoms with Gasteiger partial charge in [-0.15, -0.1) is 0 Å². The molecule has 1 unspecified atom stereocenters. The van der Waals surface area contributed by atoms with Crippen molar-refractivity contribution in [2.24, 2.45) is 16.0 Å². The summed E-state index contributed by atoms with van der Waals surface area (Å²) in [6, 6.07) is 5.20. The number of carbonyl (C=O) groups excluding carboxylic acids is 1. The molecule has 26 heavy (non-hydrogen) atoms. The van der Waals surface area contributed by atoms with Gasteiger partial charge < -0.3 is 10.1 Å².